The highest BCUT2D eigenvalue weighted by molar-refractivity contribution is 5.54. The summed E-state index contributed by atoms with van der Waals surface area (Å²) in [5, 5.41) is 3.28. The number of rotatable bonds is 4. The fourth-order valence-electron chi connectivity index (χ4n) is 3.72. The fourth-order valence-corrected chi connectivity index (χ4v) is 3.72. The second-order valence-electron chi connectivity index (χ2n) is 7.82. The number of aryl methyl sites for hydroxylation is 1. The minimum atomic E-state index is -0.0637. The van der Waals surface area contributed by atoms with Crippen molar-refractivity contribution in [2.24, 2.45) is 0 Å². The number of nitrogens with zero attached hydrogens (tertiary/aromatic N) is 5. The second-order valence-corrected chi connectivity index (χ2v) is 7.82. The molecule has 1 N–H and O–H groups in total. The standard InChI is InChI=1S/C24H24N6O/c1-17-13-30(16-26-17)20-9-11-22(25-12-20)27-23-10-8-19-14-29(2)15-21(31-24(19)28-23)18-6-4-3-5-7-18/h3-13,16,21H,14-15H2,1-2H3,(H,25,27,28). The van der Waals surface area contributed by atoms with Crippen molar-refractivity contribution < 1.29 is 4.74 Å². The summed E-state index contributed by atoms with van der Waals surface area (Å²) in [6, 6.07) is 18.2. The summed E-state index contributed by atoms with van der Waals surface area (Å²) < 4.78 is 8.29. The highest BCUT2D eigenvalue weighted by atomic mass is 16.5. The molecule has 5 rings (SSSR count). The molecule has 1 unspecified atom stereocenters. The molecule has 0 saturated heterocycles. The molecule has 4 heterocycles. The molecule has 1 atom stereocenters. The van der Waals surface area contributed by atoms with E-state index in [4.69, 9.17) is 9.72 Å². The smallest absolute Gasteiger partial charge is 0.220 e. The molecule has 1 aliphatic rings. The van der Waals surface area contributed by atoms with E-state index in [-0.39, 0.29) is 6.10 Å². The summed E-state index contributed by atoms with van der Waals surface area (Å²) in [5.74, 6) is 2.08. The Morgan fingerprint density at radius 1 is 1.00 bits per heavy atom. The molecule has 31 heavy (non-hydrogen) atoms. The lowest BCUT2D eigenvalue weighted by Crippen LogP contribution is -2.24. The van der Waals surface area contributed by atoms with Crippen LogP contribution in [0.15, 0.2) is 73.3 Å². The van der Waals surface area contributed by atoms with Gasteiger partial charge in [0.1, 0.15) is 17.7 Å². The summed E-state index contributed by atoms with van der Waals surface area (Å²) in [6.45, 7) is 3.56. The first-order valence-electron chi connectivity index (χ1n) is 10.3. The maximum absolute atomic E-state index is 6.35. The van der Waals surface area contributed by atoms with Crippen LogP contribution in [-0.2, 0) is 6.54 Å². The van der Waals surface area contributed by atoms with Crippen molar-refractivity contribution in [3.05, 3.63) is 90.1 Å². The van der Waals surface area contributed by atoms with Gasteiger partial charge in [0.05, 0.1) is 23.9 Å². The van der Waals surface area contributed by atoms with Gasteiger partial charge < -0.3 is 14.6 Å². The van der Waals surface area contributed by atoms with Crippen LogP contribution in [0.25, 0.3) is 5.69 Å². The first kappa shape index (κ1) is 19.3. The van der Waals surface area contributed by atoms with Crippen LogP contribution in [-0.4, -0.2) is 38.0 Å². The van der Waals surface area contributed by atoms with Crippen LogP contribution in [0.4, 0.5) is 11.6 Å². The van der Waals surface area contributed by atoms with Crippen molar-refractivity contribution in [1.29, 1.82) is 0 Å². The molecule has 156 valence electrons. The van der Waals surface area contributed by atoms with Crippen LogP contribution in [0.2, 0.25) is 0 Å². The Morgan fingerprint density at radius 3 is 2.58 bits per heavy atom. The molecule has 0 amide bonds. The predicted molar refractivity (Wildman–Crippen MR) is 120 cm³/mol. The predicted octanol–water partition coefficient (Wildman–Crippen LogP) is 4.28. The molecule has 7 nitrogen and oxygen atoms in total. The fraction of sp³-hybridized carbons (Fsp3) is 0.208. The summed E-state index contributed by atoms with van der Waals surface area (Å²) >= 11 is 0. The molecule has 0 fully saturated rings. The van der Waals surface area contributed by atoms with Crippen LogP contribution in [0.1, 0.15) is 22.9 Å². The van der Waals surface area contributed by atoms with Gasteiger partial charge in [-0.2, -0.15) is 4.98 Å². The third-order valence-corrected chi connectivity index (χ3v) is 5.30. The summed E-state index contributed by atoms with van der Waals surface area (Å²) in [7, 11) is 2.10. The highest BCUT2D eigenvalue weighted by Gasteiger charge is 2.23. The van der Waals surface area contributed by atoms with E-state index in [1.54, 1.807) is 6.33 Å². The number of likely N-dealkylation sites (N-methyl/N-ethyl adjacent to an activating group) is 1. The maximum Gasteiger partial charge on any atom is 0.220 e. The van der Waals surface area contributed by atoms with E-state index in [1.165, 1.54) is 0 Å². The van der Waals surface area contributed by atoms with Crippen molar-refractivity contribution in [1.82, 2.24) is 24.4 Å². The van der Waals surface area contributed by atoms with Gasteiger partial charge in [0.25, 0.3) is 0 Å². The monoisotopic (exact) mass is 412 g/mol. The summed E-state index contributed by atoms with van der Waals surface area (Å²) in [5.41, 5.74) is 4.15. The Hall–Kier alpha value is -3.71. The van der Waals surface area contributed by atoms with Crippen LogP contribution in [0.5, 0.6) is 5.88 Å². The first-order valence-corrected chi connectivity index (χ1v) is 10.3. The Bertz CT molecular complexity index is 1170. The minimum Gasteiger partial charge on any atom is -0.468 e. The number of aromatic nitrogens is 4. The van der Waals surface area contributed by atoms with Gasteiger partial charge >= 0.3 is 0 Å². The summed E-state index contributed by atoms with van der Waals surface area (Å²) in [4.78, 5) is 15.8. The molecule has 0 spiro atoms. The van der Waals surface area contributed by atoms with Gasteiger partial charge in [-0.15, -0.1) is 0 Å². The Kier molecular flexibility index (Phi) is 5.09. The molecule has 4 aromatic rings. The van der Waals surface area contributed by atoms with Gasteiger partial charge in [-0.25, -0.2) is 9.97 Å². The molecule has 1 aromatic carbocycles. The second kappa shape index (κ2) is 8.20. The molecule has 3 aromatic heterocycles. The third kappa shape index (κ3) is 4.27. The molecule has 0 bridgehead atoms. The normalized spacial score (nSPS) is 16.3. The van der Waals surface area contributed by atoms with Gasteiger partial charge in [-0.3, -0.25) is 4.90 Å². The van der Waals surface area contributed by atoms with Gasteiger partial charge in [0, 0.05) is 24.8 Å². The topological polar surface area (TPSA) is 68.1 Å². The average molecular weight is 412 g/mol. The van der Waals surface area contributed by atoms with Crippen LogP contribution < -0.4 is 10.1 Å². The van der Waals surface area contributed by atoms with Crippen LogP contribution >= 0.6 is 0 Å². The van der Waals surface area contributed by atoms with Crippen molar-refractivity contribution in [2.45, 2.75) is 19.6 Å². The van der Waals surface area contributed by atoms with E-state index in [1.807, 2.05) is 60.3 Å². The molecule has 0 saturated carbocycles. The Morgan fingerprint density at radius 2 is 1.84 bits per heavy atom. The Labute approximate surface area is 181 Å². The van der Waals surface area contributed by atoms with Gasteiger partial charge in [0.2, 0.25) is 5.88 Å². The summed E-state index contributed by atoms with van der Waals surface area (Å²) in [6.07, 6.45) is 5.50. The number of nitrogens with one attached hydrogen (secondary N) is 1. The Balaban J connectivity index is 1.36. The quantitative estimate of drug-likeness (QED) is 0.540. The van der Waals surface area contributed by atoms with E-state index < -0.39 is 0 Å². The number of fused-ring (bicyclic) bond motifs is 1. The van der Waals surface area contributed by atoms with Crippen molar-refractivity contribution >= 4 is 11.6 Å². The number of hydrogen-bond acceptors (Lipinski definition) is 6. The van der Waals surface area contributed by atoms with E-state index in [9.17, 15) is 0 Å². The van der Waals surface area contributed by atoms with Gasteiger partial charge in [0.15, 0.2) is 0 Å². The first-order chi connectivity index (χ1) is 15.1. The van der Waals surface area contributed by atoms with E-state index in [0.29, 0.717) is 11.7 Å². The lowest BCUT2D eigenvalue weighted by atomic mass is 10.1. The number of ether oxygens (including phenoxy) is 1. The van der Waals surface area contributed by atoms with Crippen molar-refractivity contribution in [3.8, 4) is 11.6 Å². The van der Waals surface area contributed by atoms with Crippen molar-refractivity contribution in [3.63, 3.8) is 0 Å². The van der Waals surface area contributed by atoms with Crippen molar-refractivity contribution in [2.75, 3.05) is 18.9 Å². The number of imidazole rings is 1. The lowest BCUT2D eigenvalue weighted by molar-refractivity contribution is 0.160. The third-order valence-electron chi connectivity index (χ3n) is 5.30. The number of anilines is 2. The number of hydrogen-bond donors (Lipinski definition) is 1. The zero-order chi connectivity index (χ0) is 21.2. The van der Waals surface area contributed by atoms with E-state index in [0.717, 1.165) is 41.4 Å². The van der Waals surface area contributed by atoms with Crippen LogP contribution in [0.3, 0.4) is 0 Å². The molecule has 7 heteroatoms. The zero-order valence-corrected chi connectivity index (χ0v) is 17.6. The molecular formula is C24H24N6O. The SMILES string of the molecule is Cc1cn(-c2ccc(Nc3ccc4c(n3)OC(c3ccccc3)CN(C)C4)nc2)cn1. The zero-order valence-electron chi connectivity index (χ0n) is 17.6. The molecule has 0 radical (unpaired) electrons. The minimum absolute atomic E-state index is 0.0637. The van der Waals surface area contributed by atoms with E-state index in [2.05, 4.69) is 45.4 Å². The van der Waals surface area contributed by atoms with E-state index >= 15 is 0 Å². The number of pyridine rings is 2. The lowest BCUT2D eigenvalue weighted by Gasteiger charge is -2.20. The molecule has 0 aliphatic carbocycles. The van der Waals surface area contributed by atoms with Crippen LogP contribution in [0, 0.1) is 6.92 Å². The number of benzene rings is 1. The molecular weight excluding hydrogens is 388 g/mol. The highest BCUT2D eigenvalue weighted by Crippen LogP contribution is 2.30. The van der Waals surface area contributed by atoms with Gasteiger partial charge in [-0.05, 0) is 43.8 Å². The molecule has 1 aliphatic heterocycles. The maximum atomic E-state index is 6.35. The van der Waals surface area contributed by atoms with Gasteiger partial charge in [-0.1, -0.05) is 30.3 Å². The average Bonchev–Trinajstić information content (AvgIpc) is 3.14. The largest absolute Gasteiger partial charge is 0.468 e.